The lowest BCUT2D eigenvalue weighted by molar-refractivity contribution is -0.122. The molecule has 21 heavy (non-hydrogen) atoms. The van der Waals surface area contributed by atoms with Crippen molar-refractivity contribution in [3.05, 3.63) is 58.3 Å². The molecule has 0 radical (unpaired) electrons. The van der Waals surface area contributed by atoms with Gasteiger partial charge in [-0.25, -0.2) is 4.39 Å². The minimum Gasteiger partial charge on any atom is -0.481 e. The molecule has 6 heteroatoms. The van der Waals surface area contributed by atoms with Crippen molar-refractivity contribution in [2.45, 2.75) is 13.0 Å². The van der Waals surface area contributed by atoms with Crippen LogP contribution in [-0.4, -0.2) is 12.0 Å². The van der Waals surface area contributed by atoms with Gasteiger partial charge in [-0.15, -0.1) is 0 Å². The maximum atomic E-state index is 13.0. The second kappa shape index (κ2) is 6.78. The Kier molecular flexibility index (Phi) is 5.04. The molecule has 110 valence electrons. The zero-order valence-corrected chi connectivity index (χ0v) is 12.6. The van der Waals surface area contributed by atoms with Crippen LogP contribution in [0.2, 0.25) is 10.0 Å². The van der Waals surface area contributed by atoms with E-state index in [1.807, 2.05) is 0 Å². The smallest absolute Gasteiger partial charge is 0.265 e. The van der Waals surface area contributed by atoms with Crippen molar-refractivity contribution < 1.29 is 13.9 Å². The SMILES string of the molecule is C[C@H](Oc1cccc(Cl)c1)C(=O)Nc1ccc(F)c(Cl)c1. The number of amides is 1. The molecule has 0 saturated carbocycles. The number of halogens is 3. The second-order valence-electron chi connectivity index (χ2n) is 4.34. The number of carbonyl (C=O) groups excluding carboxylic acids is 1. The molecule has 0 aromatic heterocycles. The Balaban J connectivity index is 2.00. The van der Waals surface area contributed by atoms with Gasteiger partial charge in [-0.1, -0.05) is 29.3 Å². The van der Waals surface area contributed by atoms with Gasteiger partial charge in [-0.05, 0) is 43.3 Å². The number of ether oxygens (including phenoxy) is 1. The molecular formula is C15H12Cl2FNO2. The maximum absolute atomic E-state index is 13.0. The van der Waals surface area contributed by atoms with Crippen molar-refractivity contribution in [1.82, 2.24) is 0 Å². The van der Waals surface area contributed by atoms with Gasteiger partial charge >= 0.3 is 0 Å². The quantitative estimate of drug-likeness (QED) is 0.895. The molecule has 1 N–H and O–H groups in total. The van der Waals surface area contributed by atoms with Gasteiger partial charge in [0.2, 0.25) is 0 Å². The van der Waals surface area contributed by atoms with Crippen LogP contribution in [0.5, 0.6) is 5.75 Å². The zero-order valence-electron chi connectivity index (χ0n) is 11.1. The lowest BCUT2D eigenvalue weighted by Gasteiger charge is -2.15. The van der Waals surface area contributed by atoms with E-state index in [2.05, 4.69) is 5.32 Å². The number of carbonyl (C=O) groups is 1. The predicted molar refractivity (Wildman–Crippen MR) is 81.6 cm³/mol. The number of benzene rings is 2. The third-order valence-electron chi connectivity index (χ3n) is 2.67. The summed E-state index contributed by atoms with van der Waals surface area (Å²) >= 11 is 11.5. The summed E-state index contributed by atoms with van der Waals surface area (Å²) in [6, 6.07) is 10.7. The molecule has 0 unspecified atom stereocenters. The van der Waals surface area contributed by atoms with E-state index in [0.717, 1.165) is 0 Å². The molecule has 0 aliphatic heterocycles. The summed E-state index contributed by atoms with van der Waals surface area (Å²) in [5.41, 5.74) is 0.396. The summed E-state index contributed by atoms with van der Waals surface area (Å²) in [4.78, 5) is 12.0. The average molecular weight is 328 g/mol. The average Bonchev–Trinajstić information content (AvgIpc) is 2.43. The molecule has 0 fully saturated rings. The van der Waals surface area contributed by atoms with Crippen LogP contribution in [0.4, 0.5) is 10.1 Å². The highest BCUT2D eigenvalue weighted by molar-refractivity contribution is 6.31. The van der Waals surface area contributed by atoms with Crippen molar-refractivity contribution >= 4 is 34.8 Å². The van der Waals surface area contributed by atoms with Crippen LogP contribution in [0.25, 0.3) is 0 Å². The molecule has 1 atom stereocenters. The van der Waals surface area contributed by atoms with Gasteiger partial charge in [0.15, 0.2) is 6.10 Å². The summed E-state index contributed by atoms with van der Waals surface area (Å²) in [7, 11) is 0. The van der Waals surface area contributed by atoms with E-state index in [9.17, 15) is 9.18 Å². The largest absolute Gasteiger partial charge is 0.481 e. The third kappa shape index (κ3) is 4.34. The number of anilines is 1. The topological polar surface area (TPSA) is 38.3 Å². The first kappa shape index (κ1) is 15.6. The van der Waals surface area contributed by atoms with E-state index in [1.54, 1.807) is 31.2 Å². The summed E-state index contributed by atoms with van der Waals surface area (Å²) in [6.45, 7) is 1.60. The van der Waals surface area contributed by atoms with Crippen LogP contribution in [0, 0.1) is 5.82 Å². The van der Waals surface area contributed by atoms with Gasteiger partial charge < -0.3 is 10.1 Å². The zero-order chi connectivity index (χ0) is 15.4. The van der Waals surface area contributed by atoms with E-state index in [-0.39, 0.29) is 10.9 Å². The minimum atomic E-state index is -0.743. The Morgan fingerprint density at radius 1 is 1.24 bits per heavy atom. The Labute approximate surface area is 131 Å². The first-order chi connectivity index (χ1) is 9.95. The van der Waals surface area contributed by atoms with Crippen molar-refractivity contribution in [2.24, 2.45) is 0 Å². The molecular weight excluding hydrogens is 316 g/mol. The van der Waals surface area contributed by atoms with Crippen LogP contribution in [0.3, 0.4) is 0 Å². The van der Waals surface area contributed by atoms with Crippen molar-refractivity contribution in [3.8, 4) is 5.75 Å². The number of nitrogens with one attached hydrogen (secondary N) is 1. The number of rotatable bonds is 4. The summed E-state index contributed by atoms with van der Waals surface area (Å²) in [5, 5.41) is 3.06. The number of hydrogen-bond donors (Lipinski definition) is 1. The van der Waals surface area contributed by atoms with Gasteiger partial charge in [0, 0.05) is 10.7 Å². The molecule has 1 amide bonds. The van der Waals surface area contributed by atoms with Crippen molar-refractivity contribution in [1.29, 1.82) is 0 Å². The fourth-order valence-electron chi connectivity index (χ4n) is 1.62. The van der Waals surface area contributed by atoms with E-state index in [0.29, 0.717) is 16.5 Å². The van der Waals surface area contributed by atoms with E-state index in [1.165, 1.54) is 18.2 Å². The maximum Gasteiger partial charge on any atom is 0.265 e. The Bertz CT molecular complexity index is 664. The fourth-order valence-corrected chi connectivity index (χ4v) is 1.98. The molecule has 0 saturated heterocycles. The fraction of sp³-hybridized carbons (Fsp3) is 0.133. The lowest BCUT2D eigenvalue weighted by atomic mass is 10.3. The lowest BCUT2D eigenvalue weighted by Crippen LogP contribution is -2.30. The van der Waals surface area contributed by atoms with E-state index in [4.69, 9.17) is 27.9 Å². The van der Waals surface area contributed by atoms with Crippen LogP contribution in [0.15, 0.2) is 42.5 Å². The van der Waals surface area contributed by atoms with Crippen LogP contribution < -0.4 is 10.1 Å². The van der Waals surface area contributed by atoms with E-state index < -0.39 is 11.9 Å². The number of hydrogen-bond acceptors (Lipinski definition) is 2. The monoisotopic (exact) mass is 327 g/mol. The molecule has 0 aliphatic rings. The van der Waals surface area contributed by atoms with Crippen LogP contribution in [0.1, 0.15) is 6.92 Å². The molecule has 0 spiro atoms. The highest BCUT2D eigenvalue weighted by Crippen LogP contribution is 2.21. The standard InChI is InChI=1S/C15H12Cl2FNO2/c1-9(21-12-4-2-3-10(16)7-12)15(20)19-11-5-6-14(18)13(17)8-11/h2-9H,1H3,(H,19,20)/t9-/m0/s1. The summed E-state index contributed by atoms with van der Waals surface area (Å²) in [5.74, 6) is -0.433. The van der Waals surface area contributed by atoms with Crippen LogP contribution >= 0.6 is 23.2 Å². The van der Waals surface area contributed by atoms with E-state index >= 15 is 0 Å². The Morgan fingerprint density at radius 3 is 2.67 bits per heavy atom. The molecule has 3 nitrogen and oxygen atoms in total. The molecule has 2 rings (SSSR count). The highest BCUT2D eigenvalue weighted by Gasteiger charge is 2.15. The van der Waals surface area contributed by atoms with Gasteiger partial charge in [0.25, 0.3) is 5.91 Å². The normalized spacial score (nSPS) is 11.8. The Morgan fingerprint density at radius 2 is 2.00 bits per heavy atom. The summed E-state index contributed by atoms with van der Waals surface area (Å²) in [6.07, 6.45) is -0.743. The molecule has 2 aromatic carbocycles. The molecule has 0 heterocycles. The molecule has 0 aliphatic carbocycles. The molecule has 0 bridgehead atoms. The van der Waals surface area contributed by atoms with Gasteiger partial charge in [-0.3, -0.25) is 4.79 Å². The first-order valence-electron chi connectivity index (χ1n) is 6.14. The highest BCUT2D eigenvalue weighted by atomic mass is 35.5. The first-order valence-corrected chi connectivity index (χ1v) is 6.89. The molecule has 2 aromatic rings. The van der Waals surface area contributed by atoms with Gasteiger partial charge in [0.05, 0.1) is 5.02 Å². The van der Waals surface area contributed by atoms with Crippen LogP contribution in [-0.2, 0) is 4.79 Å². The van der Waals surface area contributed by atoms with Gasteiger partial charge in [-0.2, -0.15) is 0 Å². The second-order valence-corrected chi connectivity index (χ2v) is 5.18. The summed E-state index contributed by atoms with van der Waals surface area (Å²) < 4.78 is 18.5. The van der Waals surface area contributed by atoms with Crippen molar-refractivity contribution in [2.75, 3.05) is 5.32 Å². The third-order valence-corrected chi connectivity index (χ3v) is 3.19. The minimum absolute atomic E-state index is 0.0591. The Hall–Kier alpha value is -1.78. The predicted octanol–water partition coefficient (Wildman–Crippen LogP) is 4.54. The van der Waals surface area contributed by atoms with Crippen molar-refractivity contribution in [3.63, 3.8) is 0 Å². The van der Waals surface area contributed by atoms with Gasteiger partial charge in [0.1, 0.15) is 11.6 Å².